The van der Waals surface area contributed by atoms with E-state index in [4.69, 9.17) is 5.84 Å². The second-order valence-corrected chi connectivity index (χ2v) is 6.23. The molecule has 0 aromatic rings. The highest BCUT2D eigenvalue weighted by Crippen LogP contribution is 2.26. The molecule has 0 rings (SSSR count). The molecule has 0 aliphatic heterocycles. The summed E-state index contributed by atoms with van der Waals surface area (Å²) in [5.74, 6) is 6.41. The molecular weight excluding hydrogens is 156 g/mol. The number of rotatable bonds is 3. The molecule has 0 aliphatic carbocycles. The van der Waals surface area contributed by atoms with Gasteiger partial charge in [-0.2, -0.15) is 11.8 Å². The fraction of sp³-hybridized carbons (Fsp3) is 1.00. The van der Waals surface area contributed by atoms with Crippen LogP contribution < -0.4 is 11.3 Å². The maximum atomic E-state index is 5.37. The number of nitrogens with one attached hydrogen (secondary N) is 1. The quantitative estimate of drug-likeness (QED) is 0.508. The summed E-state index contributed by atoms with van der Waals surface area (Å²) in [5.41, 5.74) is 2.83. The van der Waals surface area contributed by atoms with Gasteiger partial charge in [0.15, 0.2) is 0 Å². The minimum absolute atomic E-state index is 0.0396. The van der Waals surface area contributed by atoms with Crippen LogP contribution in [0.4, 0.5) is 0 Å². The molecule has 0 aromatic carbocycles. The molecule has 0 fully saturated rings. The Morgan fingerprint density at radius 3 is 1.91 bits per heavy atom. The van der Waals surface area contributed by atoms with Gasteiger partial charge in [-0.25, -0.2) is 0 Å². The lowest BCUT2D eigenvalue weighted by Gasteiger charge is -2.27. The SMILES string of the molecule is CC(C)(CSC(C)(C)C)NN. The Balaban J connectivity index is 3.70. The Morgan fingerprint density at radius 1 is 1.18 bits per heavy atom. The van der Waals surface area contributed by atoms with E-state index in [0.29, 0.717) is 4.75 Å². The molecule has 3 heteroatoms. The zero-order valence-corrected chi connectivity index (χ0v) is 9.01. The summed E-state index contributed by atoms with van der Waals surface area (Å²) in [5, 5.41) is 0. The first-order valence-corrected chi connectivity index (χ1v) is 4.87. The highest BCUT2D eigenvalue weighted by atomic mass is 32.2. The summed E-state index contributed by atoms with van der Waals surface area (Å²) in [7, 11) is 0. The van der Waals surface area contributed by atoms with Crippen LogP contribution >= 0.6 is 11.8 Å². The normalized spacial score (nSPS) is 13.6. The maximum absolute atomic E-state index is 5.37. The molecule has 11 heavy (non-hydrogen) atoms. The Bertz CT molecular complexity index is 116. The first kappa shape index (κ1) is 11.3. The van der Waals surface area contributed by atoms with E-state index in [0.717, 1.165) is 5.75 Å². The second kappa shape index (κ2) is 3.78. The monoisotopic (exact) mass is 176 g/mol. The Hall–Kier alpha value is 0.270. The van der Waals surface area contributed by atoms with Crippen molar-refractivity contribution in [3.05, 3.63) is 0 Å². The van der Waals surface area contributed by atoms with Gasteiger partial charge in [-0.05, 0) is 13.8 Å². The van der Waals surface area contributed by atoms with Crippen LogP contribution in [-0.4, -0.2) is 16.0 Å². The van der Waals surface area contributed by atoms with Crippen molar-refractivity contribution < 1.29 is 0 Å². The predicted octanol–water partition coefficient (Wildman–Crippen LogP) is 1.76. The number of hydrazine groups is 1. The van der Waals surface area contributed by atoms with Gasteiger partial charge in [-0.1, -0.05) is 20.8 Å². The van der Waals surface area contributed by atoms with E-state index < -0.39 is 0 Å². The Morgan fingerprint density at radius 2 is 1.64 bits per heavy atom. The lowest BCUT2D eigenvalue weighted by atomic mass is 10.1. The Kier molecular flexibility index (Phi) is 3.88. The second-order valence-electron chi connectivity index (χ2n) is 4.43. The fourth-order valence-electron chi connectivity index (χ4n) is 0.439. The van der Waals surface area contributed by atoms with Gasteiger partial charge in [0.25, 0.3) is 0 Å². The van der Waals surface area contributed by atoms with E-state index in [1.165, 1.54) is 0 Å². The molecule has 0 aliphatic rings. The van der Waals surface area contributed by atoms with Gasteiger partial charge in [0, 0.05) is 16.0 Å². The molecule has 0 saturated carbocycles. The Labute approximate surface area is 74.3 Å². The topological polar surface area (TPSA) is 38.0 Å². The van der Waals surface area contributed by atoms with Gasteiger partial charge in [-0.15, -0.1) is 0 Å². The molecule has 0 unspecified atom stereocenters. The van der Waals surface area contributed by atoms with Gasteiger partial charge in [0.1, 0.15) is 0 Å². The van der Waals surface area contributed by atoms with Crippen molar-refractivity contribution in [3.8, 4) is 0 Å². The summed E-state index contributed by atoms with van der Waals surface area (Å²) < 4.78 is 0.327. The van der Waals surface area contributed by atoms with E-state index in [1.54, 1.807) is 0 Å². The van der Waals surface area contributed by atoms with Crippen LogP contribution in [0.3, 0.4) is 0 Å². The minimum atomic E-state index is 0.0396. The van der Waals surface area contributed by atoms with Crippen molar-refractivity contribution in [1.29, 1.82) is 0 Å². The molecule has 2 nitrogen and oxygen atoms in total. The third kappa shape index (κ3) is 6.66. The molecule has 0 atom stereocenters. The summed E-state index contributed by atoms with van der Waals surface area (Å²) in [6.45, 7) is 10.8. The van der Waals surface area contributed by atoms with Crippen molar-refractivity contribution in [3.63, 3.8) is 0 Å². The first-order chi connectivity index (χ1) is 4.77. The number of nitrogens with two attached hydrogens (primary N) is 1. The van der Waals surface area contributed by atoms with Crippen LogP contribution in [-0.2, 0) is 0 Å². The maximum Gasteiger partial charge on any atom is 0.0355 e. The van der Waals surface area contributed by atoms with Gasteiger partial charge < -0.3 is 0 Å². The zero-order valence-electron chi connectivity index (χ0n) is 8.19. The molecular formula is C8H20N2S. The summed E-state index contributed by atoms with van der Waals surface area (Å²) in [6.07, 6.45) is 0. The van der Waals surface area contributed by atoms with Crippen LogP contribution in [0.15, 0.2) is 0 Å². The van der Waals surface area contributed by atoms with Crippen LogP contribution in [0.1, 0.15) is 34.6 Å². The van der Waals surface area contributed by atoms with Crippen molar-refractivity contribution in [2.45, 2.75) is 44.9 Å². The van der Waals surface area contributed by atoms with Gasteiger partial charge in [0.05, 0.1) is 0 Å². The molecule has 0 aromatic heterocycles. The predicted molar refractivity (Wildman–Crippen MR) is 53.6 cm³/mol. The van der Waals surface area contributed by atoms with E-state index >= 15 is 0 Å². The molecule has 0 bridgehead atoms. The van der Waals surface area contributed by atoms with Crippen LogP contribution in [0.5, 0.6) is 0 Å². The van der Waals surface area contributed by atoms with Crippen molar-refractivity contribution in [2.75, 3.05) is 5.75 Å². The largest absolute Gasteiger partial charge is 0.271 e. The smallest absolute Gasteiger partial charge is 0.0355 e. The summed E-state index contributed by atoms with van der Waals surface area (Å²) in [4.78, 5) is 0. The average Bonchev–Trinajstić information content (AvgIpc) is 1.83. The molecule has 0 heterocycles. The first-order valence-electron chi connectivity index (χ1n) is 3.89. The van der Waals surface area contributed by atoms with E-state index in [9.17, 15) is 0 Å². The van der Waals surface area contributed by atoms with Crippen molar-refractivity contribution in [1.82, 2.24) is 5.43 Å². The van der Waals surface area contributed by atoms with Crippen molar-refractivity contribution in [2.24, 2.45) is 5.84 Å². The highest BCUT2D eigenvalue weighted by Gasteiger charge is 2.19. The average molecular weight is 176 g/mol. The number of hydrogen-bond donors (Lipinski definition) is 2. The lowest BCUT2D eigenvalue weighted by molar-refractivity contribution is 0.445. The van der Waals surface area contributed by atoms with Gasteiger partial charge >= 0.3 is 0 Å². The standard InChI is InChI=1S/C8H20N2S/c1-7(2,3)11-6-8(4,5)10-9/h10H,6,9H2,1-5H3. The molecule has 0 radical (unpaired) electrons. The third-order valence-corrected chi connectivity index (χ3v) is 2.99. The summed E-state index contributed by atoms with van der Waals surface area (Å²) in [6, 6.07) is 0. The van der Waals surface area contributed by atoms with Crippen LogP contribution in [0.2, 0.25) is 0 Å². The third-order valence-electron chi connectivity index (χ3n) is 1.26. The van der Waals surface area contributed by atoms with E-state index in [1.807, 2.05) is 11.8 Å². The zero-order chi connectivity index (χ0) is 9.12. The van der Waals surface area contributed by atoms with Crippen LogP contribution in [0.25, 0.3) is 0 Å². The molecule has 3 N–H and O–H groups in total. The summed E-state index contributed by atoms with van der Waals surface area (Å²) >= 11 is 1.92. The van der Waals surface area contributed by atoms with Gasteiger partial charge in [-0.3, -0.25) is 11.3 Å². The number of thioether (sulfide) groups is 1. The van der Waals surface area contributed by atoms with E-state index in [-0.39, 0.29) is 5.54 Å². The van der Waals surface area contributed by atoms with Gasteiger partial charge in [0.2, 0.25) is 0 Å². The molecule has 0 amide bonds. The lowest BCUT2D eigenvalue weighted by Crippen LogP contribution is -2.46. The van der Waals surface area contributed by atoms with Crippen molar-refractivity contribution >= 4 is 11.8 Å². The molecule has 68 valence electrons. The highest BCUT2D eigenvalue weighted by molar-refractivity contribution is 8.00. The molecule has 0 spiro atoms. The fourth-order valence-corrected chi connectivity index (χ4v) is 1.32. The molecule has 0 saturated heterocycles. The minimum Gasteiger partial charge on any atom is -0.271 e. The van der Waals surface area contributed by atoms with E-state index in [2.05, 4.69) is 40.0 Å². The number of hydrogen-bond acceptors (Lipinski definition) is 3. The van der Waals surface area contributed by atoms with Crippen LogP contribution in [0, 0.1) is 0 Å².